The summed E-state index contributed by atoms with van der Waals surface area (Å²) in [6.45, 7) is 5.66. The normalized spacial score (nSPS) is 21.7. The molecule has 142 valence electrons. The fraction of sp³-hybridized carbons (Fsp3) is 0.650. The highest BCUT2D eigenvalue weighted by Gasteiger charge is 2.35. The zero-order chi connectivity index (χ0) is 18.8. The summed E-state index contributed by atoms with van der Waals surface area (Å²) in [6, 6.07) is 0.166. The molecule has 1 atom stereocenters. The van der Waals surface area contributed by atoms with E-state index in [1.807, 2.05) is 4.90 Å². The lowest BCUT2D eigenvalue weighted by molar-refractivity contribution is -0.129. The number of aryl methyl sites for hydroxylation is 1. The monoisotopic (exact) mass is 359 g/mol. The molecule has 1 aliphatic heterocycles. The molecule has 6 nitrogen and oxygen atoms in total. The van der Waals surface area contributed by atoms with Gasteiger partial charge in [-0.3, -0.25) is 14.4 Å². The van der Waals surface area contributed by atoms with Gasteiger partial charge in [0.2, 0.25) is 5.91 Å². The molecular weight excluding hydrogens is 330 g/mol. The van der Waals surface area contributed by atoms with Crippen molar-refractivity contribution in [2.75, 3.05) is 6.54 Å². The van der Waals surface area contributed by atoms with Crippen LogP contribution in [0, 0.1) is 13.8 Å². The molecule has 2 amide bonds. The molecule has 3 rings (SSSR count). The number of carbonyl (C=O) groups is 3. The largest absolute Gasteiger partial charge is 0.355 e. The van der Waals surface area contributed by atoms with Gasteiger partial charge < -0.3 is 15.2 Å². The third-order valence-electron chi connectivity index (χ3n) is 5.78. The van der Waals surface area contributed by atoms with E-state index in [9.17, 15) is 14.4 Å². The minimum Gasteiger partial charge on any atom is -0.355 e. The van der Waals surface area contributed by atoms with Crippen LogP contribution in [0.3, 0.4) is 0 Å². The Morgan fingerprint density at radius 1 is 1.12 bits per heavy atom. The van der Waals surface area contributed by atoms with Crippen LogP contribution in [0.15, 0.2) is 0 Å². The van der Waals surface area contributed by atoms with E-state index < -0.39 is 0 Å². The van der Waals surface area contributed by atoms with Gasteiger partial charge in [-0.2, -0.15) is 0 Å². The summed E-state index contributed by atoms with van der Waals surface area (Å²) in [6.07, 6.45) is 7.38. The Kier molecular flexibility index (Phi) is 5.49. The maximum atomic E-state index is 12.8. The summed E-state index contributed by atoms with van der Waals surface area (Å²) in [5.41, 5.74) is 2.37. The van der Waals surface area contributed by atoms with Crippen LogP contribution in [0.1, 0.15) is 84.0 Å². The number of aromatic nitrogens is 1. The molecule has 26 heavy (non-hydrogen) atoms. The predicted molar refractivity (Wildman–Crippen MR) is 99.3 cm³/mol. The van der Waals surface area contributed by atoms with E-state index >= 15 is 0 Å². The van der Waals surface area contributed by atoms with E-state index in [4.69, 9.17) is 0 Å². The van der Waals surface area contributed by atoms with Crippen molar-refractivity contribution in [1.82, 2.24) is 15.2 Å². The lowest BCUT2D eigenvalue weighted by Gasteiger charge is -2.27. The van der Waals surface area contributed by atoms with Crippen molar-refractivity contribution in [3.05, 3.63) is 22.5 Å². The number of nitrogens with zero attached hydrogens (tertiary/aromatic N) is 1. The number of rotatable bonds is 4. The van der Waals surface area contributed by atoms with Crippen LogP contribution in [0.5, 0.6) is 0 Å². The first-order chi connectivity index (χ1) is 12.4. The molecule has 2 N–H and O–H groups in total. The van der Waals surface area contributed by atoms with Gasteiger partial charge in [-0.1, -0.05) is 25.7 Å². The van der Waals surface area contributed by atoms with Crippen molar-refractivity contribution in [1.29, 1.82) is 0 Å². The molecule has 1 aliphatic carbocycles. The minimum atomic E-state index is -0.204. The van der Waals surface area contributed by atoms with Crippen LogP contribution in [0.25, 0.3) is 0 Å². The molecule has 1 saturated carbocycles. The molecule has 0 spiro atoms. The molecule has 2 aliphatic rings. The van der Waals surface area contributed by atoms with Gasteiger partial charge in [0.1, 0.15) is 0 Å². The molecular formula is C20H29N3O3. The van der Waals surface area contributed by atoms with Gasteiger partial charge in [0.25, 0.3) is 5.91 Å². The first-order valence-corrected chi connectivity index (χ1v) is 9.69. The van der Waals surface area contributed by atoms with E-state index in [2.05, 4.69) is 10.3 Å². The third-order valence-corrected chi connectivity index (χ3v) is 5.78. The Balaban J connectivity index is 1.67. The number of hydrogen-bond donors (Lipinski definition) is 2. The summed E-state index contributed by atoms with van der Waals surface area (Å²) in [7, 11) is 0. The highest BCUT2D eigenvalue weighted by molar-refractivity contribution is 6.02. The molecule has 1 aromatic heterocycles. The lowest BCUT2D eigenvalue weighted by atomic mass is 10.1. The second-order valence-corrected chi connectivity index (χ2v) is 7.75. The van der Waals surface area contributed by atoms with Gasteiger partial charge >= 0.3 is 0 Å². The van der Waals surface area contributed by atoms with Crippen molar-refractivity contribution >= 4 is 17.6 Å². The van der Waals surface area contributed by atoms with E-state index in [1.54, 1.807) is 13.8 Å². The number of Topliss-reactive ketones (excluding diaryl/α,β-unsaturated/α-hetero) is 1. The summed E-state index contributed by atoms with van der Waals surface area (Å²) >= 11 is 0. The Bertz CT molecular complexity index is 714. The maximum absolute atomic E-state index is 12.8. The van der Waals surface area contributed by atoms with Gasteiger partial charge in [0.05, 0.1) is 17.3 Å². The van der Waals surface area contributed by atoms with Gasteiger partial charge in [0, 0.05) is 31.6 Å². The molecule has 1 saturated heterocycles. The fourth-order valence-corrected chi connectivity index (χ4v) is 4.45. The summed E-state index contributed by atoms with van der Waals surface area (Å²) < 4.78 is 0. The SMILES string of the molecule is CC(=O)c1[nH]c(C)c(C(=O)N[C@H]2CC(=O)N(C3CCCCCC3)C2)c1C. The Hall–Kier alpha value is -2.11. The number of amides is 2. The standard InChI is InChI=1S/C20H29N3O3/c1-12-18(13(2)21-19(12)14(3)24)20(26)22-15-10-17(25)23(11-15)16-8-6-4-5-7-9-16/h15-16,21H,4-11H2,1-3H3,(H,22,26)/t15-/m0/s1. The van der Waals surface area contributed by atoms with Crippen LogP contribution in [0.2, 0.25) is 0 Å². The maximum Gasteiger partial charge on any atom is 0.253 e. The van der Waals surface area contributed by atoms with Crippen molar-refractivity contribution in [3.8, 4) is 0 Å². The highest BCUT2D eigenvalue weighted by Crippen LogP contribution is 2.26. The quantitative estimate of drug-likeness (QED) is 0.640. The van der Waals surface area contributed by atoms with Crippen LogP contribution in [-0.4, -0.2) is 46.1 Å². The van der Waals surface area contributed by atoms with Crippen molar-refractivity contribution in [2.45, 2.75) is 77.8 Å². The summed E-state index contributed by atoms with van der Waals surface area (Å²) in [5.74, 6) is -0.140. The fourth-order valence-electron chi connectivity index (χ4n) is 4.45. The average molecular weight is 359 g/mol. The summed E-state index contributed by atoms with van der Waals surface area (Å²) in [4.78, 5) is 41.9. The number of ketones is 1. The Labute approximate surface area is 154 Å². The van der Waals surface area contributed by atoms with Crippen LogP contribution >= 0.6 is 0 Å². The molecule has 0 radical (unpaired) electrons. The average Bonchev–Trinajstić information content (AvgIpc) is 2.94. The first kappa shape index (κ1) is 18.7. The number of carbonyl (C=O) groups excluding carboxylic acids is 3. The molecule has 2 fully saturated rings. The van der Waals surface area contributed by atoms with Gasteiger partial charge in [-0.25, -0.2) is 0 Å². The Morgan fingerprint density at radius 2 is 1.77 bits per heavy atom. The van der Waals surface area contributed by atoms with E-state index in [-0.39, 0.29) is 23.6 Å². The second-order valence-electron chi connectivity index (χ2n) is 7.75. The molecule has 0 bridgehead atoms. The first-order valence-electron chi connectivity index (χ1n) is 9.69. The zero-order valence-electron chi connectivity index (χ0n) is 16.0. The van der Waals surface area contributed by atoms with E-state index in [1.165, 1.54) is 32.6 Å². The molecule has 1 aromatic rings. The number of aromatic amines is 1. The number of hydrogen-bond acceptors (Lipinski definition) is 3. The zero-order valence-corrected chi connectivity index (χ0v) is 16.0. The van der Waals surface area contributed by atoms with Crippen LogP contribution in [0.4, 0.5) is 0 Å². The second kappa shape index (κ2) is 7.64. The van der Waals surface area contributed by atoms with Crippen molar-refractivity contribution < 1.29 is 14.4 Å². The van der Waals surface area contributed by atoms with Gasteiger partial charge in [-0.15, -0.1) is 0 Å². The highest BCUT2D eigenvalue weighted by atomic mass is 16.2. The third kappa shape index (κ3) is 3.69. The Morgan fingerprint density at radius 3 is 2.35 bits per heavy atom. The molecule has 0 unspecified atom stereocenters. The molecule has 0 aromatic carbocycles. The van der Waals surface area contributed by atoms with Gasteiger partial charge in [-0.05, 0) is 32.3 Å². The van der Waals surface area contributed by atoms with Crippen molar-refractivity contribution in [3.63, 3.8) is 0 Å². The lowest BCUT2D eigenvalue weighted by Crippen LogP contribution is -2.40. The summed E-state index contributed by atoms with van der Waals surface area (Å²) in [5, 5.41) is 3.01. The minimum absolute atomic E-state index is 0.0831. The number of H-pyrrole nitrogens is 1. The van der Waals surface area contributed by atoms with Crippen molar-refractivity contribution in [2.24, 2.45) is 0 Å². The van der Waals surface area contributed by atoms with E-state index in [0.29, 0.717) is 41.5 Å². The topological polar surface area (TPSA) is 82.3 Å². The smallest absolute Gasteiger partial charge is 0.253 e. The predicted octanol–water partition coefficient (Wildman–Crippen LogP) is 2.89. The van der Waals surface area contributed by atoms with Crippen LogP contribution in [-0.2, 0) is 4.79 Å². The van der Waals surface area contributed by atoms with Crippen LogP contribution < -0.4 is 5.32 Å². The molecule has 2 heterocycles. The molecule has 6 heteroatoms. The van der Waals surface area contributed by atoms with Gasteiger partial charge in [0.15, 0.2) is 5.78 Å². The van der Waals surface area contributed by atoms with E-state index in [0.717, 1.165) is 12.8 Å². The number of likely N-dealkylation sites (tertiary alicyclic amines) is 1. The number of nitrogens with one attached hydrogen (secondary N) is 2.